The normalized spacial score (nSPS) is 35.2. The summed E-state index contributed by atoms with van der Waals surface area (Å²) in [5.41, 5.74) is 0. The predicted molar refractivity (Wildman–Crippen MR) is 58.1 cm³/mol. The molecule has 5 heteroatoms. The topological polar surface area (TPSA) is 61.8 Å². The second-order valence-electron chi connectivity index (χ2n) is 4.33. The van der Waals surface area contributed by atoms with Crippen LogP contribution >= 0.6 is 0 Å². The van der Waals surface area contributed by atoms with E-state index in [1.165, 1.54) is 13.8 Å². The summed E-state index contributed by atoms with van der Waals surface area (Å²) in [7, 11) is 0. The molecule has 2 aliphatic heterocycles. The van der Waals surface area contributed by atoms with Crippen LogP contribution in [0, 0.1) is 0 Å². The summed E-state index contributed by atoms with van der Waals surface area (Å²) in [6.07, 6.45) is 4.05. The van der Waals surface area contributed by atoms with Crippen molar-refractivity contribution in [3.63, 3.8) is 0 Å². The number of fused-ring (bicyclic) bond motifs is 2. The van der Waals surface area contributed by atoms with Crippen molar-refractivity contribution >= 4 is 11.9 Å². The molecule has 0 aromatic heterocycles. The van der Waals surface area contributed by atoms with Gasteiger partial charge in [0.1, 0.15) is 18.3 Å². The monoisotopic (exact) mass is 240 g/mol. The van der Waals surface area contributed by atoms with Crippen LogP contribution in [0.3, 0.4) is 0 Å². The van der Waals surface area contributed by atoms with Gasteiger partial charge in [-0.2, -0.15) is 0 Å². The molecule has 17 heavy (non-hydrogen) atoms. The van der Waals surface area contributed by atoms with E-state index >= 15 is 0 Å². The molecule has 1 saturated heterocycles. The van der Waals surface area contributed by atoms with E-state index < -0.39 is 0 Å². The van der Waals surface area contributed by atoms with Gasteiger partial charge in [-0.05, 0) is 6.42 Å². The summed E-state index contributed by atoms with van der Waals surface area (Å²) in [6.45, 7) is 2.73. The maximum atomic E-state index is 11.0. The van der Waals surface area contributed by atoms with E-state index in [9.17, 15) is 9.59 Å². The number of hydrogen-bond donors (Lipinski definition) is 0. The lowest BCUT2D eigenvalue weighted by Crippen LogP contribution is -2.50. The highest BCUT2D eigenvalue weighted by Crippen LogP contribution is 2.31. The summed E-state index contributed by atoms with van der Waals surface area (Å²) < 4.78 is 16.1. The quantitative estimate of drug-likeness (QED) is 0.531. The SMILES string of the molecule is CC(=O)O[C@@H]1C[C@@H](OC(C)=O)[C@H]2CC=C[C@@H]1O2. The van der Waals surface area contributed by atoms with Crippen molar-refractivity contribution in [2.75, 3.05) is 0 Å². The Morgan fingerprint density at radius 1 is 1.18 bits per heavy atom. The van der Waals surface area contributed by atoms with Gasteiger partial charge < -0.3 is 14.2 Å². The van der Waals surface area contributed by atoms with Crippen molar-refractivity contribution < 1.29 is 23.8 Å². The minimum Gasteiger partial charge on any atom is -0.460 e. The van der Waals surface area contributed by atoms with Crippen molar-refractivity contribution in [2.24, 2.45) is 0 Å². The fourth-order valence-electron chi connectivity index (χ4n) is 2.28. The largest absolute Gasteiger partial charge is 0.460 e. The molecule has 4 atom stereocenters. The summed E-state index contributed by atoms with van der Waals surface area (Å²) >= 11 is 0. The third kappa shape index (κ3) is 2.85. The third-order valence-corrected chi connectivity index (χ3v) is 2.91. The molecule has 5 nitrogen and oxygen atoms in total. The Morgan fingerprint density at radius 3 is 2.47 bits per heavy atom. The molecule has 0 unspecified atom stereocenters. The van der Waals surface area contributed by atoms with E-state index in [2.05, 4.69) is 0 Å². The van der Waals surface area contributed by atoms with E-state index in [1.54, 1.807) is 0 Å². The molecule has 2 aliphatic rings. The lowest BCUT2D eigenvalue weighted by molar-refractivity contribution is -0.195. The van der Waals surface area contributed by atoms with Gasteiger partial charge in [-0.1, -0.05) is 12.2 Å². The van der Waals surface area contributed by atoms with E-state index in [0.717, 1.165) is 6.42 Å². The molecular weight excluding hydrogens is 224 g/mol. The first kappa shape index (κ1) is 12.1. The number of rotatable bonds is 2. The van der Waals surface area contributed by atoms with Gasteiger partial charge in [0.25, 0.3) is 0 Å². The van der Waals surface area contributed by atoms with Gasteiger partial charge in [-0.25, -0.2) is 0 Å². The van der Waals surface area contributed by atoms with E-state index in [4.69, 9.17) is 14.2 Å². The van der Waals surface area contributed by atoms with Crippen molar-refractivity contribution in [3.8, 4) is 0 Å². The maximum absolute atomic E-state index is 11.0. The van der Waals surface area contributed by atoms with E-state index in [0.29, 0.717) is 6.42 Å². The van der Waals surface area contributed by atoms with E-state index in [1.807, 2.05) is 12.2 Å². The number of hydrogen-bond acceptors (Lipinski definition) is 5. The van der Waals surface area contributed by atoms with Gasteiger partial charge in [-0.15, -0.1) is 0 Å². The summed E-state index contributed by atoms with van der Waals surface area (Å²) in [4.78, 5) is 22.0. The average molecular weight is 240 g/mol. The van der Waals surface area contributed by atoms with Crippen LogP contribution in [0.25, 0.3) is 0 Å². The molecule has 2 rings (SSSR count). The average Bonchev–Trinajstić information content (AvgIpc) is 2.24. The predicted octanol–water partition coefficient (Wildman–Crippen LogP) is 0.967. The standard InChI is InChI=1S/C12H16O5/c1-7(13)15-11-6-12(16-8(2)14)10-5-3-4-9(11)17-10/h3-4,9-12H,5-6H2,1-2H3/t9-,10+,11+,12+/m0/s1. The van der Waals surface area contributed by atoms with Crippen molar-refractivity contribution in [1.29, 1.82) is 0 Å². The molecule has 0 saturated carbocycles. The number of carbonyl (C=O) groups is 2. The van der Waals surface area contributed by atoms with Crippen LogP contribution in [0.1, 0.15) is 26.7 Å². The summed E-state index contributed by atoms with van der Waals surface area (Å²) in [6, 6.07) is 0. The lowest BCUT2D eigenvalue weighted by Gasteiger charge is -2.41. The van der Waals surface area contributed by atoms with Crippen LogP contribution in [-0.4, -0.2) is 36.4 Å². The minimum atomic E-state index is -0.371. The van der Waals surface area contributed by atoms with Gasteiger partial charge in [0.2, 0.25) is 0 Å². The summed E-state index contributed by atoms with van der Waals surface area (Å²) in [5.74, 6) is -0.689. The molecule has 0 N–H and O–H groups in total. The van der Waals surface area contributed by atoms with Crippen LogP contribution in [0.4, 0.5) is 0 Å². The van der Waals surface area contributed by atoms with Crippen LogP contribution < -0.4 is 0 Å². The number of ether oxygens (including phenoxy) is 3. The highest BCUT2D eigenvalue weighted by Gasteiger charge is 2.41. The Kier molecular flexibility index (Phi) is 3.47. The zero-order chi connectivity index (χ0) is 12.4. The molecular formula is C12H16O5. The molecule has 0 radical (unpaired) electrons. The zero-order valence-corrected chi connectivity index (χ0v) is 9.92. The molecule has 2 heterocycles. The first-order valence-electron chi connectivity index (χ1n) is 5.73. The summed E-state index contributed by atoms with van der Waals surface area (Å²) in [5, 5.41) is 0. The highest BCUT2D eigenvalue weighted by molar-refractivity contribution is 5.67. The van der Waals surface area contributed by atoms with Gasteiger partial charge in [0, 0.05) is 20.3 Å². The van der Waals surface area contributed by atoms with Gasteiger partial charge >= 0.3 is 11.9 Å². The van der Waals surface area contributed by atoms with Crippen molar-refractivity contribution in [3.05, 3.63) is 12.2 Å². The Labute approximate surface area is 99.7 Å². The molecule has 0 aromatic rings. The molecule has 0 amide bonds. The fraction of sp³-hybridized carbons (Fsp3) is 0.667. The van der Waals surface area contributed by atoms with Crippen LogP contribution in [-0.2, 0) is 23.8 Å². The maximum Gasteiger partial charge on any atom is 0.303 e. The van der Waals surface area contributed by atoms with Gasteiger partial charge in [0.15, 0.2) is 0 Å². The Hall–Kier alpha value is -1.36. The number of esters is 2. The Morgan fingerprint density at radius 2 is 1.82 bits per heavy atom. The van der Waals surface area contributed by atoms with Crippen LogP contribution in [0.15, 0.2) is 12.2 Å². The Bertz CT molecular complexity index is 349. The lowest BCUT2D eigenvalue weighted by atomic mass is 9.92. The number of carbonyl (C=O) groups excluding carboxylic acids is 2. The highest BCUT2D eigenvalue weighted by atomic mass is 16.6. The van der Waals surface area contributed by atoms with Crippen molar-refractivity contribution in [1.82, 2.24) is 0 Å². The molecule has 0 aromatic carbocycles. The van der Waals surface area contributed by atoms with Gasteiger partial charge in [0.05, 0.1) is 6.10 Å². The molecule has 0 aliphatic carbocycles. The fourth-order valence-corrected chi connectivity index (χ4v) is 2.28. The molecule has 0 spiro atoms. The molecule has 94 valence electrons. The molecule has 1 fully saturated rings. The first-order valence-corrected chi connectivity index (χ1v) is 5.73. The minimum absolute atomic E-state index is 0.124. The second-order valence-corrected chi connectivity index (χ2v) is 4.33. The third-order valence-electron chi connectivity index (χ3n) is 2.91. The van der Waals surface area contributed by atoms with Gasteiger partial charge in [-0.3, -0.25) is 9.59 Å². The van der Waals surface area contributed by atoms with Crippen LogP contribution in [0.5, 0.6) is 0 Å². The first-order chi connectivity index (χ1) is 8.06. The zero-order valence-electron chi connectivity index (χ0n) is 9.92. The molecule has 2 bridgehead atoms. The van der Waals surface area contributed by atoms with Crippen LogP contribution in [0.2, 0.25) is 0 Å². The second kappa shape index (κ2) is 4.87. The van der Waals surface area contributed by atoms with E-state index in [-0.39, 0.29) is 36.4 Å². The smallest absolute Gasteiger partial charge is 0.303 e. The Balaban J connectivity index is 2.08. The van der Waals surface area contributed by atoms with Crippen molar-refractivity contribution in [2.45, 2.75) is 51.1 Å².